The minimum absolute atomic E-state index is 0.108. The van der Waals surface area contributed by atoms with Crippen molar-refractivity contribution in [3.05, 3.63) is 35.9 Å². The molecule has 4 heterocycles. The third-order valence-electron chi connectivity index (χ3n) is 6.19. The maximum Gasteiger partial charge on any atom is 0.227 e. The van der Waals surface area contributed by atoms with Gasteiger partial charge in [0.05, 0.1) is 56.7 Å². The first-order valence-corrected chi connectivity index (χ1v) is 11.3. The fourth-order valence-electron chi connectivity index (χ4n) is 4.37. The Morgan fingerprint density at radius 3 is 2.76 bits per heavy atom. The number of benzene rings is 1. The van der Waals surface area contributed by atoms with E-state index < -0.39 is 0 Å². The van der Waals surface area contributed by atoms with Gasteiger partial charge in [-0.25, -0.2) is 4.98 Å². The molecule has 0 bridgehead atoms. The van der Waals surface area contributed by atoms with Crippen LogP contribution in [-0.2, 0) is 16.1 Å². The van der Waals surface area contributed by atoms with Crippen LogP contribution in [0.2, 0.25) is 0 Å². The first-order chi connectivity index (χ1) is 16.2. The molecule has 1 aromatic carbocycles. The number of rotatable bonds is 6. The number of fused-ring (bicyclic) bond motifs is 1. The summed E-state index contributed by atoms with van der Waals surface area (Å²) in [6, 6.07) is 10.1. The van der Waals surface area contributed by atoms with E-state index in [4.69, 9.17) is 29.2 Å². The van der Waals surface area contributed by atoms with Crippen molar-refractivity contribution in [2.24, 2.45) is 0 Å². The fraction of sp³-hybridized carbons (Fsp3) is 0.458. The second kappa shape index (κ2) is 9.46. The third kappa shape index (κ3) is 4.44. The van der Waals surface area contributed by atoms with Crippen LogP contribution in [0.4, 0.5) is 11.8 Å². The molecule has 2 aromatic heterocycles. The Labute approximate surface area is 192 Å². The van der Waals surface area contributed by atoms with Crippen LogP contribution in [0.1, 0.15) is 18.9 Å². The second-order valence-corrected chi connectivity index (χ2v) is 8.45. The molecular formula is C24H29N5O4. The third-order valence-corrected chi connectivity index (χ3v) is 6.19. The summed E-state index contributed by atoms with van der Waals surface area (Å²) < 4.78 is 16.5. The van der Waals surface area contributed by atoms with E-state index >= 15 is 0 Å². The van der Waals surface area contributed by atoms with Gasteiger partial charge in [-0.3, -0.25) is 0 Å². The number of aliphatic hydroxyl groups excluding tert-OH is 1. The average Bonchev–Trinajstić information content (AvgIpc) is 3.36. The van der Waals surface area contributed by atoms with Crippen molar-refractivity contribution in [2.45, 2.75) is 32.0 Å². The Balaban J connectivity index is 1.59. The van der Waals surface area contributed by atoms with Gasteiger partial charge in [-0.1, -0.05) is 0 Å². The number of ether oxygens (including phenoxy) is 3. The summed E-state index contributed by atoms with van der Waals surface area (Å²) in [5, 5.41) is 14.0. The molecule has 2 atom stereocenters. The zero-order chi connectivity index (χ0) is 22.8. The van der Waals surface area contributed by atoms with E-state index in [2.05, 4.69) is 17.1 Å². The predicted octanol–water partition coefficient (Wildman–Crippen LogP) is 2.62. The molecule has 5 rings (SSSR count). The van der Waals surface area contributed by atoms with Gasteiger partial charge in [0.25, 0.3) is 0 Å². The zero-order valence-corrected chi connectivity index (χ0v) is 19.0. The zero-order valence-electron chi connectivity index (χ0n) is 19.0. The van der Waals surface area contributed by atoms with Crippen LogP contribution in [0.15, 0.2) is 30.3 Å². The van der Waals surface area contributed by atoms with E-state index in [0.29, 0.717) is 42.7 Å². The van der Waals surface area contributed by atoms with Gasteiger partial charge in [-0.2, -0.15) is 9.97 Å². The topological polar surface area (TPSA) is 102 Å². The van der Waals surface area contributed by atoms with Crippen molar-refractivity contribution >= 4 is 22.8 Å². The highest BCUT2D eigenvalue weighted by Gasteiger charge is 2.25. The van der Waals surface area contributed by atoms with Crippen molar-refractivity contribution in [3.63, 3.8) is 0 Å². The molecule has 0 amide bonds. The first-order valence-electron chi connectivity index (χ1n) is 11.3. The molecule has 2 N–H and O–H groups in total. The number of aliphatic hydroxyl groups is 1. The number of anilines is 2. The molecule has 2 unspecified atom stereocenters. The van der Waals surface area contributed by atoms with Gasteiger partial charge >= 0.3 is 0 Å². The smallest absolute Gasteiger partial charge is 0.227 e. The van der Waals surface area contributed by atoms with Crippen molar-refractivity contribution in [3.8, 4) is 17.0 Å². The van der Waals surface area contributed by atoms with E-state index in [1.54, 1.807) is 7.11 Å². The lowest BCUT2D eigenvalue weighted by atomic mass is 10.1. The summed E-state index contributed by atoms with van der Waals surface area (Å²) in [5.74, 6) is 2.07. The molecule has 0 spiro atoms. The van der Waals surface area contributed by atoms with Crippen LogP contribution in [0.5, 0.6) is 5.75 Å². The van der Waals surface area contributed by atoms with Gasteiger partial charge in [-0.15, -0.1) is 0 Å². The number of nitrogens with one attached hydrogen (secondary N) is 1. The summed E-state index contributed by atoms with van der Waals surface area (Å²) in [6.45, 7) is 5.51. The average molecular weight is 452 g/mol. The number of aromatic nitrogens is 3. The molecular weight excluding hydrogens is 422 g/mol. The number of morpholine rings is 1. The highest BCUT2D eigenvalue weighted by Crippen LogP contribution is 2.31. The van der Waals surface area contributed by atoms with Crippen LogP contribution in [0.3, 0.4) is 0 Å². The second-order valence-electron chi connectivity index (χ2n) is 8.45. The standard InChI is InChI=1S/C24H29N5O4/c1-15-13-33-10-8-29(15)23-19-4-5-20(16-3-6-21(31-2)17(11-16)12-30)26-22(19)27-24(28-23)25-18-7-9-32-14-18/h3-6,11,15,18,30H,7-10,12-14H2,1-2H3,(H,25,26,27,28). The van der Waals surface area contributed by atoms with Crippen molar-refractivity contribution in [2.75, 3.05) is 50.3 Å². The van der Waals surface area contributed by atoms with Gasteiger partial charge in [0.2, 0.25) is 5.95 Å². The minimum atomic E-state index is -0.108. The van der Waals surface area contributed by atoms with Crippen molar-refractivity contribution in [1.29, 1.82) is 0 Å². The molecule has 2 aliphatic rings. The van der Waals surface area contributed by atoms with Crippen LogP contribution in [0.25, 0.3) is 22.3 Å². The Bertz CT molecular complexity index is 1140. The van der Waals surface area contributed by atoms with E-state index in [1.165, 1.54) is 0 Å². The van der Waals surface area contributed by atoms with Gasteiger partial charge in [0, 0.05) is 24.3 Å². The molecule has 9 nitrogen and oxygen atoms in total. The minimum Gasteiger partial charge on any atom is -0.496 e. The summed E-state index contributed by atoms with van der Waals surface area (Å²) in [7, 11) is 1.59. The van der Waals surface area contributed by atoms with Crippen molar-refractivity contribution < 1.29 is 19.3 Å². The Morgan fingerprint density at radius 2 is 2.00 bits per heavy atom. The lowest BCUT2D eigenvalue weighted by Gasteiger charge is -2.35. The van der Waals surface area contributed by atoms with Crippen LogP contribution in [-0.4, -0.2) is 72.2 Å². The molecule has 2 saturated heterocycles. The molecule has 0 radical (unpaired) electrons. The van der Waals surface area contributed by atoms with Crippen LogP contribution >= 0.6 is 0 Å². The highest BCUT2D eigenvalue weighted by atomic mass is 16.5. The fourth-order valence-corrected chi connectivity index (χ4v) is 4.37. The predicted molar refractivity (Wildman–Crippen MR) is 126 cm³/mol. The first kappa shape index (κ1) is 21.8. The molecule has 2 fully saturated rings. The number of hydrogen-bond acceptors (Lipinski definition) is 9. The Kier molecular flexibility index (Phi) is 6.26. The number of hydrogen-bond donors (Lipinski definition) is 2. The summed E-state index contributed by atoms with van der Waals surface area (Å²) in [5.41, 5.74) is 3.00. The highest BCUT2D eigenvalue weighted by molar-refractivity contribution is 5.90. The Morgan fingerprint density at radius 1 is 1.12 bits per heavy atom. The Hall–Kier alpha value is -3.01. The number of nitrogens with zero attached hydrogens (tertiary/aromatic N) is 4. The van der Waals surface area contributed by atoms with Gasteiger partial charge < -0.3 is 29.5 Å². The number of pyridine rings is 1. The van der Waals surface area contributed by atoms with E-state index in [9.17, 15) is 5.11 Å². The van der Waals surface area contributed by atoms with Crippen LogP contribution < -0.4 is 15.0 Å². The largest absolute Gasteiger partial charge is 0.496 e. The monoisotopic (exact) mass is 451 g/mol. The van der Waals surface area contributed by atoms with Gasteiger partial charge in [-0.05, 0) is 43.7 Å². The maximum atomic E-state index is 9.71. The lowest BCUT2D eigenvalue weighted by molar-refractivity contribution is 0.0987. The van der Waals surface area contributed by atoms with E-state index in [1.807, 2.05) is 30.3 Å². The van der Waals surface area contributed by atoms with Gasteiger partial charge in [0.15, 0.2) is 5.65 Å². The van der Waals surface area contributed by atoms with Crippen LogP contribution in [0, 0.1) is 0 Å². The van der Waals surface area contributed by atoms with Crippen molar-refractivity contribution in [1.82, 2.24) is 15.0 Å². The molecule has 9 heteroatoms. The molecule has 2 aliphatic heterocycles. The quantitative estimate of drug-likeness (QED) is 0.585. The summed E-state index contributed by atoms with van der Waals surface area (Å²) in [4.78, 5) is 16.8. The summed E-state index contributed by atoms with van der Waals surface area (Å²) >= 11 is 0. The lowest BCUT2D eigenvalue weighted by Crippen LogP contribution is -2.44. The maximum absolute atomic E-state index is 9.71. The van der Waals surface area contributed by atoms with E-state index in [0.717, 1.165) is 42.0 Å². The SMILES string of the molecule is COc1ccc(-c2ccc3c(N4CCOCC4C)nc(NC4CCOC4)nc3n2)cc1CO. The molecule has 33 heavy (non-hydrogen) atoms. The van der Waals surface area contributed by atoms with Gasteiger partial charge in [0.1, 0.15) is 11.6 Å². The molecule has 174 valence electrons. The molecule has 0 aliphatic carbocycles. The summed E-state index contributed by atoms with van der Waals surface area (Å²) in [6.07, 6.45) is 0.925. The molecule has 3 aromatic rings. The molecule has 0 saturated carbocycles. The number of methoxy groups -OCH3 is 1. The normalized spacial score (nSPS) is 20.9. The van der Waals surface area contributed by atoms with E-state index in [-0.39, 0.29) is 18.7 Å².